The number of sulfone groups is 1. The Kier molecular flexibility index (Phi) is 3.50. The monoisotopic (exact) mass is 333 g/mol. The topological polar surface area (TPSA) is 85.9 Å². The summed E-state index contributed by atoms with van der Waals surface area (Å²) in [4.78, 5) is 8.81. The molecule has 0 aliphatic carbocycles. The van der Waals surface area contributed by atoms with Gasteiger partial charge in [-0.1, -0.05) is 23.7 Å². The smallest absolute Gasteiger partial charge is 0.177 e. The number of fused-ring (bicyclic) bond motifs is 1. The minimum Gasteiger partial charge on any atom is -0.399 e. The lowest BCUT2D eigenvalue weighted by atomic mass is 10.1. The lowest BCUT2D eigenvalue weighted by Crippen LogP contribution is -2.02. The van der Waals surface area contributed by atoms with E-state index in [4.69, 9.17) is 17.3 Å². The fraction of sp³-hybridized carbons (Fsp3) is 0.0667. The number of hydrogen-bond acceptors (Lipinski definition) is 5. The van der Waals surface area contributed by atoms with E-state index in [2.05, 4.69) is 9.97 Å². The van der Waals surface area contributed by atoms with E-state index in [-0.39, 0.29) is 9.92 Å². The van der Waals surface area contributed by atoms with E-state index in [1.54, 1.807) is 30.3 Å². The maximum Gasteiger partial charge on any atom is 0.177 e. The third-order valence-electron chi connectivity index (χ3n) is 3.18. The van der Waals surface area contributed by atoms with Gasteiger partial charge in [-0.2, -0.15) is 0 Å². The van der Waals surface area contributed by atoms with Crippen LogP contribution in [0.15, 0.2) is 47.5 Å². The quantitative estimate of drug-likeness (QED) is 0.729. The molecule has 2 N–H and O–H groups in total. The van der Waals surface area contributed by atoms with Crippen molar-refractivity contribution < 1.29 is 8.42 Å². The van der Waals surface area contributed by atoms with Crippen LogP contribution < -0.4 is 5.73 Å². The van der Waals surface area contributed by atoms with E-state index in [9.17, 15) is 8.42 Å². The molecule has 7 heteroatoms. The molecule has 112 valence electrons. The fourth-order valence-corrected chi connectivity index (χ4v) is 3.83. The second-order valence-electron chi connectivity index (χ2n) is 4.89. The van der Waals surface area contributed by atoms with E-state index in [0.717, 1.165) is 6.26 Å². The molecule has 1 aromatic heterocycles. The van der Waals surface area contributed by atoms with Crippen molar-refractivity contribution in [1.29, 1.82) is 0 Å². The molecule has 1 heterocycles. The summed E-state index contributed by atoms with van der Waals surface area (Å²) in [6.45, 7) is 0. The molecule has 0 saturated heterocycles. The highest BCUT2D eigenvalue weighted by molar-refractivity contribution is 7.91. The van der Waals surface area contributed by atoms with Crippen LogP contribution in [0.4, 0.5) is 5.69 Å². The van der Waals surface area contributed by atoms with Gasteiger partial charge in [-0.3, -0.25) is 4.98 Å². The van der Waals surface area contributed by atoms with Crippen molar-refractivity contribution in [2.24, 2.45) is 0 Å². The van der Waals surface area contributed by atoms with Crippen molar-refractivity contribution in [3.63, 3.8) is 0 Å². The lowest BCUT2D eigenvalue weighted by Gasteiger charge is -2.10. The average Bonchev–Trinajstić information content (AvgIpc) is 2.45. The minimum atomic E-state index is -3.49. The van der Waals surface area contributed by atoms with Crippen LogP contribution in [0.3, 0.4) is 0 Å². The number of anilines is 1. The Labute approximate surface area is 132 Å². The van der Waals surface area contributed by atoms with Crippen molar-refractivity contribution >= 4 is 38.2 Å². The van der Waals surface area contributed by atoms with Crippen LogP contribution in [0.2, 0.25) is 5.02 Å². The number of hydrogen-bond donors (Lipinski definition) is 1. The molecule has 22 heavy (non-hydrogen) atoms. The molecule has 0 spiro atoms. The van der Waals surface area contributed by atoms with Crippen LogP contribution in [-0.2, 0) is 9.84 Å². The van der Waals surface area contributed by atoms with Crippen molar-refractivity contribution in [3.8, 4) is 11.3 Å². The van der Waals surface area contributed by atoms with Gasteiger partial charge in [-0.25, -0.2) is 13.4 Å². The number of nitrogen functional groups attached to an aromatic ring is 1. The highest BCUT2D eigenvalue weighted by atomic mass is 35.5. The van der Waals surface area contributed by atoms with Crippen LogP contribution in [0.25, 0.3) is 22.3 Å². The molecule has 0 fully saturated rings. The Bertz CT molecular complexity index is 987. The van der Waals surface area contributed by atoms with Gasteiger partial charge in [0.1, 0.15) is 0 Å². The van der Waals surface area contributed by atoms with Gasteiger partial charge in [0.15, 0.2) is 9.84 Å². The number of aromatic nitrogens is 2. The summed E-state index contributed by atoms with van der Waals surface area (Å²) in [5.41, 5.74) is 8.45. The van der Waals surface area contributed by atoms with Crippen molar-refractivity contribution in [2.45, 2.75) is 4.90 Å². The Hall–Kier alpha value is -2.18. The first-order valence-electron chi connectivity index (χ1n) is 6.37. The molecule has 0 saturated carbocycles. The summed E-state index contributed by atoms with van der Waals surface area (Å²) in [5, 5.41) is 0.166. The molecular weight excluding hydrogens is 322 g/mol. The summed E-state index contributed by atoms with van der Waals surface area (Å²) in [7, 11) is -3.49. The maximum atomic E-state index is 12.0. The number of halogens is 1. The average molecular weight is 334 g/mol. The van der Waals surface area contributed by atoms with Gasteiger partial charge in [0.2, 0.25) is 0 Å². The van der Waals surface area contributed by atoms with Gasteiger partial charge < -0.3 is 5.73 Å². The van der Waals surface area contributed by atoms with Crippen molar-refractivity contribution in [2.75, 3.05) is 12.0 Å². The normalized spacial score (nSPS) is 11.7. The van der Waals surface area contributed by atoms with E-state index in [0.29, 0.717) is 28.0 Å². The molecule has 0 bridgehead atoms. The first kappa shape index (κ1) is 14.7. The van der Waals surface area contributed by atoms with Crippen molar-refractivity contribution in [3.05, 3.63) is 47.6 Å². The van der Waals surface area contributed by atoms with Crippen LogP contribution in [0, 0.1) is 0 Å². The first-order valence-corrected chi connectivity index (χ1v) is 8.64. The summed E-state index contributed by atoms with van der Waals surface area (Å²) in [6, 6.07) is 10.1. The van der Waals surface area contributed by atoms with Gasteiger partial charge in [0.25, 0.3) is 0 Å². The number of benzene rings is 2. The third kappa shape index (κ3) is 2.63. The predicted molar refractivity (Wildman–Crippen MR) is 87.5 cm³/mol. The first-order chi connectivity index (χ1) is 10.4. The van der Waals surface area contributed by atoms with Gasteiger partial charge >= 0.3 is 0 Å². The largest absolute Gasteiger partial charge is 0.399 e. The Balaban J connectivity index is 2.28. The van der Waals surface area contributed by atoms with Gasteiger partial charge in [-0.05, 0) is 24.3 Å². The molecule has 0 unspecified atom stereocenters. The Morgan fingerprint density at radius 2 is 1.91 bits per heavy atom. The zero-order valence-corrected chi connectivity index (χ0v) is 13.2. The highest BCUT2D eigenvalue weighted by Gasteiger charge is 2.19. The Morgan fingerprint density at radius 1 is 1.14 bits per heavy atom. The maximum absolute atomic E-state index is 12.0. The Morgan fingerprint density at radius 3 is 2.64 bits per heavy atom. The molecule has 3 aromatic rings. The van der Waals surface area contributed by atoms with Gasteiger partial charge in [0, 0.05) is 17.5 Å². The van der Waals surface area contributed by atoms with Crippen LogP contribution in [-0.4, -0.2) is 24.6 Å². The van der Waals surface area contributed by atoms with Crippen LogP contribution in [0.5, 0.6) is 0 Å². The van der Waals surface area contributed by atoms with E-state index < -0.39 is 9.84 Å². The summed E-state index contributed by atoms with van der Waals surface area (Å²) >= 11 is 6.06. The van der Waals surface area contributed by atoms with Crippen LogP contribution >= 0.6 is 11.6 Å². The molecule has 5 nitrogen and oxygen atoms in total. The SMILES string of the molecule is CS(=O)(=O)c1c(Cl)cccc1-c1cnc2cc(N)ccc2n1. The summed E-state index contributed by atoms with van der Waals surface area (Å²) < 4.78 is 24.0. The van der Waals surface area contributed by atoms with E-state index in [1.165, 1.54) is 12.3 Å². The zero-order chi connectivity index (χ0) is 15.9. The van der Waals surface area contributed by atoms with E-state index in [1.807, 2.05) is 0 Å². The highest BCUT2D eigenvalue weighted by Crippen LogP contribution is 2.32. The second-order valence-corrected chi connectivity index (χ2v) is 7.25. The standard InChI is InChI=1S/C15H12ClN3O2S/c1-22(20,21)15-10(3-2-4-11(15)16)14-8-18-13-7-9(17)5-6-12(13)19-14/h2-8H,17H2,1H3. The number of rotatable bonds is 2. The molecule has 3 rings (SSSR count). The zero-order valence-electron chi connectivity index (χ0n) is 11.6. The number of nitrogens with two attached hydrogens (primary N) is 1. The van der Waals surface area contributed by atoms with Gasteiger partial charge in [0.05, 0.1) is 32.8 Å². The molecule has 0 amide bonds. The third-order valence-corrected chi connectivity index (χ3v) is 4.79. The van der Waals surface area contributed by atoms with Gasteiger partial charge in [-0.15, -0.1) is 0 Å². The predicted octanol–water partition coefficient (Wildman–Crippen LogP) is 2.94. The number of nitrogens with zero attached hydrogens (tertiary/aromatic N) is 2. The molecular formula is C15H12ClN3O2S. The summed E-state index contributed by atoms with van der Waals surface area (Å²) in [5.74, 6) is 0. The van der Waals surface area contributed by atoms with E-state index >= 15 is 0 Å². The summed E-state index contributed by atoms with van der Waals surface area (Å²) in [6.07, 6.45) is 2.63. The molecule has 2 aromatic carbocycles. The fourth-order valence-electron chi connectivity index (χ4n) is 2.24. The lowest BCUT2D eigenvalue weighted by molar-refractivity contribution is 0.602. The van der Waals surface area contributed by atoms with Crippen LogP contribution in [0.1, 0.15) is 0 Å². The van der Waals surface area contributed by atoms with Crippen molar-refractivity contribution in [1.82, 2.24) is 9.97 Å². The second kappa shape index (κ2) is 5.23. The molecule has 0 atom stereocenters. The molecule has 0 radical (unpaired) electrons. The minimum absolute atomic E-state index is 0.0563. The molecule has 0 aliphatic heterocycles. The molecule has 0 aliphatic rings.